The van der Waals surface area contributed by atoms with E-state index in [-0.39, 0.29) is 46.2 Å². The second kappa shape index (κ2) is 9.70. The van der Waals surface area contributed by atoms with Crippen LogP contribution >= 0.6 is 34.8 Å². The average Bonchev–Trinajstić information content (AvgIpc) is 2.71. The Morgan fingerprint density at radius 2 is 1.77 bits per heavy atom. The Labute approximate surface area is 194 Å². The fourth-order valence-corrected chi connectivity index (χ4v) is 5.59. The summed E-state index contributed by atoms with van der Waals surface area (Å²) in [5.74, 6) is -1.07. The van der Waals surface area contributed by atoms with Gasteiger partial charge >= 0.3 is 0 Å². The van der Waals surface area contributed by atoms with E-state index in [1.54, 1.807) is 12.1 Å². The predicted octanol–water partition coefficient (Wildman–Crippen LogP) is 4.74. The summed E-state index contributed by atoms with van der Waals surface area (Å²) in [7, 11) is -3.62. The second-order valence-electron chi connectivity index (χ2n) is 7.08. The number of nitro groups is 1. The highest BCUT2D eigenvalue weighted by Gasteiger charge is 2.32. The second-order valence-corrected chi connectivity index (χ2v) is 10.3. The number of rotatable bonds is 6. The molecule has 166 valence electrons. The van der Waals surface area contributed by atoms with E-state index >= 15 is 0 Å². The number of carbonyl (C=O) groups excluding carboxylic acids is 1. The van der Waals surface area contributed by atoms with Crippen LogP contribution in [-0.2, 0) is 20.6 Å². The van der Waals surface area contributed by atoms with Crippen molar-refractivity contribution < 1.29 is 18.1 Å². The van der Waals surface area contributed by atoms with E-state index in [0.717, 1.165) is 0 Å². The Hall–Kier alpha value is -1.91. The van der Waals surface area contributed by atoms with E-state index < -0.39 is 20.9 Å². The summed E-state index contributed by atoms with van der Waals surface area (Å²) in [6, 6.07) is 8.42. The van der Waals surface area contributed by atoms with Crippen LogP contribution < -0.4 is 5.32 Å². The molecule has 8 nitrogen and oxygen atoms in total. The largest absolute Gasteiger partial charge is 0.324 e. The van der Waals surface area contributed by atoms with Gasteiger partial charge in [0.2, 0.25) is 15.9 Å². The minimum Gasteiger partial charge on any atom is -0.324 e. The van der Waals surface area contributed by atoms with Crippen molar-refractivity contribution in [3.05, 3.63) is 67.1 Å². The minimum absolute atomic E-state index is 0.147. The molecular weight excluding hydrogens is 489 g/mol. The zero-order valence-electron chi connectivity index (χ0n) is 16.1. The normalized spacial score (nSPS) is 15.6. The lowest BCUT2D eigenvalue weighted by molar-refractivity contribution is -0.384. The van der Waals surface area contributed by atoms with Gasteiger partial charge in [-0.25, -0.2) is 12.7 Å². The number of hydrogen-bond acceptors (Lipinski definition) is 5. The molecule has 1 amide bonds. The lowest BCUT2D eigenvalue weighted by atomic mass is 9.97. The van der Waals surface area contributed by atoms with Crippen molar-refractivity contribution in [2.45, 2.75) is 18.6 Å². The van der Waals surface area contributed by atoms with Crippen LogP contribution in [-0.4, -0.2) is 36.6 Å². The van der Waals surface area contributed by atoms with Gasteiger partial charge in [-0.2, -0.15) is 0 Å². The van der Waals surface area contributed by atoms with E-state index in [4.69, 9.17) is 34.8 Å². The molecular formula is C19H18Cl3N3O5S. The standard InChI is InChI=1S/C19H18Cl3N3O5S/c20-14-2-1-13(17(22)9-14)11-31(29,30)24-7-5-12(6-8-24)19(26)23-18-10-15(25(27)28)3-4-16(18)21/h1-4,9-10,12H,5-8,11H2,(H,23,26). The van der Waals surface area contributed by atoms with Gasteiger partial charge in [0.05, 0.1) is 21.4 Å². The van der Waals surface area contributed by atoms with Crippen LogP contribution in [0.25, 0.3) is 0 Å². The van der Waals surface area contributed by atoms with Crippen LogP contribution in [0, 0.1) is 16.0 Å². The van der Waals surface area contributed by atoms with Gasteiger partial charge in [-0.15, -0.1) is 0 Å². The minimum atomic E-state index is -3.62. The van der Waals surface area contributed by atoms with Crippen LogP contribution in [0.15, 0.2) is 36.4 Å². The van der Waals surface area contributed by atoms with Gasteiger partial charge in [-0.3, -0.25) is 14.9 Å². The zero-order valence-corrected chi connectivity index (χ0v) is 19.1. The summed E-state index contributed by atoms with van der Waals surface area (Å²) in [4.78, 5) is 22.9. The quantitative estimate of drug-likeness (QED) is 0.450. The first-order valence-electron chi connectivity index (χ1n) is 9.23. The molecule has 31 heavy (non-hydrogen) atoms. The van der Waals surface area contributed by atoms with E-state index in [2.05, 4.69) is 5.32 Å². The fourth-order valence-electron chi connectivity index (χ4n) is 3.28. The summed E-state index contributed by atoms with van der Waals surface area (Å²) in [6.45, 7) is 0.350. The fraction of sp³-hybridized carbons (Fsp3) is 0.316. The monoisotopic (exact) mass is 505 g/mol. The van der Waals surface area contributed by atoms with Crippen molar-refractivity contribution >= 4 is 62.1 Å². The van der Waals surface area contributed by atoms with Crippen molar-refractivity contribution in [2.75, 3.05) is 18.4 Å². The smallest absolute Gasteiger partial charge is 0.271 e. The first-order valence-corrected chi connectivity index (χ1v) is 12.0. The molecule has 2 aromatic carbocycles. The van der Waals surface area contributed by atoms with Gasteiger partial charge in [0, 0.05) is 41.2 Å². The Bertz CT molecular complexity index is 1120. The van der Waals surface area contributed by atoms with E-state index in [1.807, 2.05) is 0 Å². The molecule has 0 saturated carbocycles. The molecule has 12 heteroatoms. The molecule has 1 fully saturated rings. The molecule has 0 bridgehead atoms. The van der Waals surface area contributed by atoms with E-state index in [9.17, 15) is 23.3 Å². The zero-order chi connectivity index (χ0) is 22.8. The van der Waals surface area contributed by atoms with Gasteiger partial charge in [0.25, 0.3) is 5.69 Å². The van der Waals surface area contributed by atoms with Gasteiger partial charge in [0.1, 0.15) is 0 Å². The number of amides is 1. The molecule has 0 atom stereocenters. The number of nitrogens with one attached hydrogen (secondary N) is 1. The summed E-state index contributed by atoms with van der Waals surface area (Å²) in [5, 5.41) is 14.4. The lowest BCUT2D eigenvalue weighted by Gasteiger charge is -2.30. The topological polar surface area (TPSA) is 110 Å². The molecule has 1 heterocycles. The number of sulfonamides is 1. The highest BCUT2D eigenvalue weighted by Crippen LogP contribution is 2.29. The third kappa shape index (κ3) is 5.87. The number of nitrogens with zero attached hydrogens (tertiary/aromatic N) is 2. The number of non-ortho nitro benzene ring substituents is 1. The van der Waals surface area contributed by atoms with E-state index in [1.165, 1.54) is 28.6 Å². The molecule has 0 aliphatic carbocycles. The van der Waals surface area contributed by atoms with Gasteiger partial charge in [-0.05, 0) is 36.6 Å². The van der Waals surface area contributed by atoms with Crippen LogP contribution in [0.4, 0.5) is 11.4 Å². The number of carbonyl (C=O) groups is 1. The Morgan fingerprint density at radius 1 is 1.10 bits per heavy atom. The molecule has 3 rings (SSSR count). The van der Waals surface area contributed by atoms with Crippen molar-refractivity contribution in [1.29, 1.82) is 0 Å². The number of benzene rings is 2. The number of piperidine rings is 1. The van der Waals surface area contributed by atoms with Crippen molar-refractivity contribution in [1.82, 2.24) is 4.31 Å². The van der Waals surface area contributed by atoms with Gasteiger partial charge in [-0.1, -0.05) is 40.9 Å². The average molecular weight is 507 g/mol. The SMILES string of the molecule is O=C(Nc1cc([N+](=O)[O-])ccc1Cl)C1CCN(S(=O)(=O)Cc2ccc(Cl)cc2Cl)CC1. The molecule has 1 N–H and O–H groups in total. The van der Waals surface area contributed by atoms with Crippen LogP contribution in [0.2, 0.25) is 15.1 Å². The van der Waals surface area contributed by atoms with Gasteiger partial charge in [0.15, 0.2) is 0 Å². The molecule has 1 aliphatic heterocycles. The number of nitro benzene ring substituents is 1. The highest BCUT2D eigenvalue weighted by molar-refractivity contribution is 7.88. The van der Waals surface area contributed by atoms with Crippen LogP contribution in [0.1, 0.15) is 18.4 Å². The maximum atomic E-state index is 12.8. The Balaban J connectivity index is 1.61. The van der Waals surface area contributed by atoms with Crippen LogP contribution in [0.3, 0.4) is 0 Å². The number of anilines is 1. The Morgan fingerprint density at radius 3 is 2.39 bits per heavy atom. The van der Waals surface area contributed by atoms with Gasteiger partial charge < -0.3 is 5.32 Å². The maximum absolute atomic E-state index is 12.8. The summed E-state index contributed by atoms with van der Waals surface area (Å²) in [6.07, 6.45) is 0.623. The maximum Gasteiger partial charge on any atom is 0.271 e. The van der Waals surface area contributed by atoms with Crippen molar-refractivity contribution in [3.8, 4) is 0 Å². The molecule has 0 aromatic heterocycles. The summed E-state index contributed by atoms with van der Waals surface area (Å²) < 4.78 is 26.9. The molecule has 1 saturated heterocycles. The third-order valence-electron chi connectivity index (χ3n) is 4.99. The lowest BCUT2D eigenvalue weighted by Crippen LogP contribution is -2.41. The van der Waals surface area contributed by atoms with E-state index in [0.29, 0.717) is 23.4 Å². The Kier molecular flexibility index (Phi) is 7.43. The number of halogens is 3. The first kappa shape index (κ1) is 23.7. The molecule has 0 radical (unpaired) electrons. The highest BCUT2D eigenvalue weighted by atomic mass is 35.5. The van der Waals surface area contributed by atoms with Crippen molar-refractivity contribution in [2.24, 2.45) is 5.92 Å². The van der Waals surface area contributed by atoms with Crippen LogP contribution in [0.5, 0.6) is 0 Å². The third-order valence-corrected chi connectivity index (χ3v) is 7.73. The summed E-state index contributed by atoms with van der Waals surface area (Å²) >= 11 is 18.0. The predicted molar refractivity (Wildman–Crippen MR) is 120 cm³/mol. The molecule has 0 spiro atoms. The van der Waals surface area contributed by atoms with Crippen molar-refractivity contribution in [3.63, 3.8) is 0 Å². The molecule has 1 aliphatic rings. The molecule has 0 unspecified atom stereocenters. The summed E-state index contributed by atoms with van der Waals surface area (Å²) in [5.41, 5.74) is 0.404. The first-order chi connectivity index (χ1) is 14.6. The number of hydrogen-bond donors (Lipinski definition) is 1. The molecule has 2 aromatic rings.